The van der Waals surface area contributed by atoms with Gasteiger partial charge >= 0.3 is 0 Å². The molecule has 2 aromatic carbocycles. The SMILES string of the molecule is CCc1cccc(C)c1NC(=O)c1cc(-c2cccc(F)c2)no1. The Kier molecular flexibility index (Phi) is 4.42. The standard InChI is InChI=1S/C19H17FN2O2/c1-3-13-7-4-6-12(2)18(13)21-19(23)17-11-16(22-24-17)14-8-5-9-15(20)10-14/h4-11H,3H2,1-2H3,(H,21,23). The largest absolute Gasteiger partial charge is 0.350 e. The molecule has 0 saturated heterocycles. The van der Waals surface area contributed by atoms with E-state index >= 15 is 0 Å². The van der Waals surface area contributed by atoms with Crippen molar-refractivity contribution >= 4 is 11.6 Å². The van der Waals surface area contributed by atoms with Crippen LogP contribution in [0.5, 0.6) is 0 Å². The summed E-state index contributed by atoms with van der Waals surface area (Å²) in [6.45, 7) is 3.97. The quantitative estimate of drug-likeness (QED) is 0.763. The van der Waals surface area contributed by atoms with Gasteiger partial charge < -0.3 is 9.84 Å². The summed E-state index contributed by atoms with van der Waals surface area (Å²) < 4.78 is 18.4. The van der Waals surface area contributed by atoms with Gasteiger partial charge in [0.25, 0.3) is 5.91 Å². The van der Waals surface area contributed by atoms with Gasteiger partial charge in [-0.25, -0.2) is 4.39 Å². The van der Waals surface area contributed by atoms with E-state index in [1.165, 1.54) is 18.2 Å². The molecule has 1 N–H and O–H groups in total. The zero-order valence-electron chi connectivity index (χ0n) is 13.5. The van der Waals surface area contributed by atoms with Gasteiger partial charge in [0, 0.05) is 17.3 Å². The molecule has 0 fully saturated rings. The van der Waals surface area contributed by atoms with Gasteiger partial charge in [-0.2, -0.15) is 0 Å². The van der Waals surface area contributed by atoms with Crippen LogP contribution in [-0.4, -0.2) is 11.1 Å². The van der Waals surface area contributed by atoms with Gasteiger partial charge in [-0.05, 0) is 36.6 Å². The van der Waals surface area contributed by atoms with Crippen LogP contribution in [0.1, 0.15) is 28.6 Å². The summed E-state index contributed by atoms with van der Waals surface area (Å²) in [6.07, 6.45) is 0.808. The fourth-order valence-electron chi connectivity index (χ4n) is 2.54. The Labute approximate surface area is 139 Å². The van der Waals surface area contributed by atoms with Gasteiger partial charge in [0.1, 0.15) is 11.5 Å². The summed E-state index contributed by atoms with van der Waals surface area (Å²) in [7, 11) is 0. The number of hydrogen-bond donors (Lipinski definition) is 1. The van der Waals surface area contributed by atoms with Crippen molar-refractivity contribution in [2.45, 2.75) is 20.3 Å². The van der Waals surface area contributed by atoms with Crippen LogP contribution >= 0.6 is 0 Å². The minimum absolute atomic E-state index is 0.0829. The number of aryl methyl sites for hydroxylation is 2. The topological polar surface area (TPSA) is 55.1 Å². The van der Waals surface area contributed by atoms with Crippen LogP contribution in [0.3, 0.4) is 0 Å². The van der Waals surface area contributed by atoms with Crippen LogP contribution in [0.2, 0.25) is 0 Å². The van der Waals surface area contributed by atoms with E-state index in [4.69, 9.17) is 4.52 Å². The number of aromatic nitrogens is 1. The highest BCUT2D eigenvalue weighted by atomic mass is 19.1. The van der Waals surface area contributed by atoms with Crippen molar-refractivity contribution in [3.8, 4) is 11.3 Å². The molecule has 1 amide bonds. The first-order chi connectivity index (χ1) is 11.6. The lowest BCUT2D eigenvalue weighted by Gasteiger charge is -2.11. The number of nitrogens with one attached hydrogen (secondary N) is 1. The third kappa shape index (κ3) is 3.20. The molecule has 0 saturated carbocycles. The number of carbonyl (C=O) groups is 1. The van der Waals surface area contributed by atoms with Crippen molar-refractivity contribution < 1.29 is 13.7 Å². The zero-order valence-corrected chi connectivity index (χ0v) is 13.5. The Bertz CT molecular complexity index is 887. The number of carbonyl (C=O) groups excluding carboxylic acids is 1. The Hall–Kier alpha value is -2.95. The number of anilines is 1. The molecule has 0 aliphatic heterocycles. The number of amides is 1. The minimum Gasteiger partial charge on any atom is -0.350 e. The molecule has 0 atom stereocenters. The van der Waals surface area contributed by atoms with Crippen molar-refractivity contribution in [2.24, 2.45) is 0 Å². The highest BCUT2D eigenvalue weighted by Crippen LogP contribution is 2.24. The number of benzene rings is 2. The predicted molar refractivity (Wildman–Crippen MR) is 90.4 cm³/mol. The van der Waals surface area contributed by atoms with E-state index in [0.29, 0.717) is 11.3 Å². The molecule has 1 aromatic heterocycles. The molecular weight excluding hydrogens is 307 g/mol. The average molecular weight is 324 g/mol. The molecular formula is C19H17FN2O2. The molecule has 5 heteroatoms. The first-order valence-corrected chi connectivity index (χ1v) is 7.71. The third-order valence-electron chi connectivity index (χ3n) is 3.83. The number of nitrogens with zero attached hydrogens (tertiary/aromatic N) is 1. The van der Waals surface area contributed by atoms with Crippen LogP contribution in [0, 0.1) is 12.7 Å². The lowest BCUT2D eigenvalue weighted by atomic mass is 10.1. The van der Waals surface area contributed by atoms with Crippen molar-refractivity contribution in [1.82, 2.24) is 5.16 Å². The molecule has 0 radical (unpaired) electrons. The Morgan fingerprint density at radius 2 is 2.00 bits per heavy atom. The summed E-state index contributed by atoms with van der Waals surface area (Å²) in [6, 6.07) is 13.4. The highest BCUT2D eigenvalue weighted by Gasteiger charge is 2.16. The van der Waals surface area contributed by atoms with Crippen molar-refractivity contribution in [2.75, 3.05) is 5.32 Å². The molecule has 0 aliphatic carbocycles. The maximum absolute atomic E-state index is 13.3. The minimum atomic E-state index is -0.380. The van der Waals surface area contributed by atoms with Gasteiger partial charge in [-0.1, -0.05) is 42.4 Å². The van der Waals surface area contributed by atoms with Gasteiger partial charge in [0.15, 0.2) is 0 Å². The average Bonchev–Trinajstić information content (AvgIpc) is 3.07. The molecule has 1 heterocycles. The predicted octanol–water partition coefficient (Wildman–Crippen LogP) is 4.60. The van der Waals surface area contributed by atoms with Crippen LogP contribution in [0.15, 0.2) is 53.1 Å². The van der Waals surface area contributed by atoms with E-state index < -0.39 is 0 Å². The zero-order chi connectivity index (χ0) is 17.1. The van der Waals surface area contributed by atoms with Crippen LogP contribution in [0.4, 0.5) is 10.1 Å². The molecule has 24 heavy (non-hydrogen) atoms. The van der Waals surface area contributed by atoms with E-state index in [1.54, 1.807) is 12.1 Å². The molecule has 0 spiro atoms. The second-order valence-electron chi connectivity index (χ2n) is 5.50. The van der Waals surface area contributed by atoms with Crippen molar-refractivity contribution in [3.63, 3.8) is 0 Å². The van der Waals surface area contributed by atoms with Crippen LogP contribution in [0.25, 0.3) is 11.3 Å². The molecule has 122 valence electrons. The fourth-order valence-corrected chi connectivity index (χ4v) is 2.54. The van der Waals surface area contributed by atoms with Gasteiger partial charge in [0.2, 0.25) is 5.76 Å². The molecule has 3 aromatic rings. The monoisotopic (exact) mass is 324 g/mol. The van der Waals surface area contributed by atoms with Crippen LogP contribution < -0.4 is 5.32 Å². The van der Waals surface area contributed by atoms with E-state index in [2.05, 4.69) is 10.5 Å². The molecule has 0 aliphatic rings. The van der Waals surface area contributed by atoms with Crippen LogP contribution in [-0.2, 0) is 6.42 Å². The van der Waals surface area contributed by atoms with E-state index in [-0.39, 0.29) is 17.5 Å². The third-order valence-corrected chi connectivity index (χ3v) is 3.83. The fraction of sp³-hybridized carbons (Fsp3) is 0.158. The van der Waals surface area contributed by atoms with Gasteiger partial charge in [-0.3, -0.25) is 4.79 Å². The highest BCUT2D eigenvalue weighted by molar-refractivity contribution is 6.03. The number of halogens is 1. The summed E-state index contributed by atoms with van der Waals surface area (Å²) in [4.78, 5) is 12.4. The Balaban J connectivity index is 1.85. The Morgan fingerprint density at radius 1 is 1.21 bits per heavy atom. The van der Waals surface area contributed by atoms with E-state index in [1.807, 2.05) is 32.0 Å². The van der Waals surface area contributed by atoms with E-state index in [0.717, 1.165) is 23.2 Å². The van der Waals surface area contributed by atoms with Crippen molar-refractivity contribution in [1.29, 1.82) is 0 Å². The molecule has 0 unspecified atom stereocenters. The number of hydrogen-bond acceptors (Lipinski definition) is 3. The number of rotatable bonds is 4. The maximum Gasteiger partial charge on any atom is 0.294 e. The summed E-state index contributed by atoms with van der Waals surface area (Å²) >= 11 is 0. The lowest BCUT2D eigenvalue weighted by Crippen LogP contribution is -2.13. The van der Waals surface area contributed by atoms with Crippen molar-refractivity contribution in [3.05, 3.63) is 71.2 Å². The molecule has 3 rings (SSSR count). The molecule has 0 bridgehead atoms. The molecule has 4 nitrogen and oxygen atoms in total. The first-order valence-electron chi connectivity index (χ1n) is 7.71. The van der Waals surface area contributed by atoms with Gasteiger partial charge in [-0.15, -0.1) is 0 Å². The van der Waals surface area contributed by atoms with Gasteiger partial charge in [0.05, 0.1) is 0 Å². The smallest absolute Gasteiger partial charge is 0.294 e. The lowest BCUT2D eigenvalue weighted by molar-refractivity contribution is 0.0988. The summed E-state index contributed by atoms with van der Waals surface area (Å²) in [5.41, 5.74) is 3.79. The number of para-hydroxylation sites is 1. The second-order valence-corrected chi connectivity index (χ2v) is 5.50. The maximum atomic E-state index is 13.3. The summed E-state index contributed by atoms with van der Waals surface area (Å²) in [5.74, 6) is -0.664. The summed E-state index contributed by atoms with van der Waals surface area (Å²) in [5, 5.41) is 6.73. The second kappa shape index (κ2) is 6.66. The first kappa shape index (κ1) is 15.9. The van der Waals surface area contributed by atoms with E-state index in [9.17, 15) is 9.18 Å². The Morgan fingerprint density at radius 3 is 2.75 bits per heavy atom. The normalized spacial score (nSPS) is 10.6.